The zero-order valence-electron chi connectivity index (χ0n) is 10.3. The molecule has 0 fully saturated rings. The molecule has 0 bridgehead atoms. The number of aromatic nitrogens is 2. The molecule has 0 aliphatic rings. The smallest absolute Gasteiger partial charge is 0.377 e. The Morgan fingerprint density at radius 2 is 2.00 bits per heavy atom. The maximum absolute atomic E-state index is 13.2. The number of carboxylic acids is 1. The summed E-state index contributed by atoms with van der Waals surface area (Å²) in [6.45, 7) is 3.11. The highest BCUT2D eigenvalue weighted by Crippen LogP contribution is 2.19. The highest BCUT2D eigenvalue weighted by molar-refractivity contribution is 6.40. The molecule has 0 saturated heterocycles. The van der Waals surface area contributed by atoms with E-state index in [2.05, 4.69) is 5.10 Å². The summed E-state index contributed by atoms with van der Waals surface area (Å²) < 4.78 is 14.5. The van der Waals surface area contributed by atoms with Crippen molar-refractivity contribution in [3.8, 4) is 5.69 Å². The van der Waals surface area contributed by atoms with E-state index >= 15 is 0 Å². The van der Waals surface area contributed by atoms with E-state index in [1.165, 1.54) is 22.9 Å². The molecule has 1 aromatic carbocycles. The lowest BCUT2D eigenvalue weighted by Gasteiger charge is -2.04. The summed E-state index contributed by atoms with van der Waals surface area (Å²) in [6, 6.07) is 5.68. The molecule has 0 radical (unpaired) electrons. The first-order chi connectivity index (χ1) is 8.91. The molecule has 2 aromatic rings. The second kappa shape index (κ2) is 4.64. The van der Waals surface area contributed by atoms with Gasteiger partial charge in [-0.15, -0.1) is 0 Å². The topological polar surface area (TPSA) is 72.2 Å². The third-order valence-electron chi connectivity index (χ3n) is 2.77. The van der Waals surface area contributed by atoms with Gasteiger partial charge in [-0.3, -0.25) is 4.79 Å². The van der Waals surface area contributed by atoms with Crippen LogP contribution in [0.15, 0.2) is 24.3 Å². The highest BCUT2D eigenvalue weighted by atomic mass is 19.1. The molecule has 98 valence electrons. The van der Waals surface area contributed by atoms with Crippen LogP contribution >= 0.6 is 0 Å². The van der Waals surface area contributed by atoms with Crippen molar-refractivity contribution >= 4 is 11.8 Å². The molecule has 0 aliphatic carbocycles. The van der Waals surface area contributed by atoms with E-state index in [1.807, 2.05) is 0 Å². The second-order valence-corrected chi connectivity index (χ2v) is 4.07. The van der Waals surface area contributed by atoms with E-state index in [4.69, 9.17) is 5.11 Å². The Bertz CT molecular complexity index is 677. The molecule has 0 atom stereocenters. The number of carboxylic acid groups (broad SMARTS) is 1. The van der Waals surface area contributed by atoms with Crippen LogP contribution in [-0.2, 0) is 4.79 Å². The molecule has 0 saturated carbocycles. The van der Waals surface area contributed by atoms with Crippen molar-refractivity contribution in [2.24, 2.45) is 0 Å². The van der Waals surface area contributed by atoms with Crippen molar-refractivity contribution in [1.29, 1.82) is 0 Å². The first kappa shape index (κ1) is 12.9. The molecule has 1 heterocycles. The molecule has 1 aromatic heterocycles. The first-order valence-electron chi connectivity index (χ1n) is 5.51. The van der Waals surface area contributed by atoms with Crippen molar-refractivity contribution in [3.05, 3.63) is 47.0 Å². The van der Waals surface area contributed by atoms with Crippen molar-refractivity contribution in [1.82, 2.24) is 9.78 Å². The molecule has 0 unspecified atom stereocenters. The Labute approximate surface area is 108 Å². The average Bonchev–Trinajstić information content (AvgIpc) is 2.64. The number of ketones is 1. The van der Waals surface area contributed by atoms with E-state index < -0.39 is 17.6 Å². The van der Waals surface area contributed by atoms with Gasteiger partial charge < -0.3 is 5.11 Å². The molecule has 6 heteroatoms. The summed E-state index contributed by atoms with van der Waals surface area (Å²) in [4.78, 5) is 22.3. The summed E-state index contributed by atoms with van der Waals surface area (Å²) in [5, 5.41) is 12.9. The third kappa shape index (κ3) is 2.24. The quantitative estimate of drug-likeness (QED) is 0.677. The molecular formula is C13H11FN2O3. The predicted molar refractivity (Wildman–Crippen MR) is 65.0 cm³/mol. The fourth-order valence-electron chi connectivity index (χ4n) is 1.94. The van der Waals surface area contributed by atoms with Gasteiger partial charge in [-0.1, -0.05) is 6.07 Å². The van der Waals surface area contributed by atoms with Gasteiger partial charge in [0.05, 0.1) is 22.6 Å². The van der Waals surface area contributed by atoms with Gasteiger partial charge in [0.25, 0.3) is 5.78 Å². The van der Waals surface area contributed by atoms with Gasteiger partial charge in [0, 0.05) is 0 Å². The lowest BCUT2D eigenvalue weighted by Crippen LogP contribution is -2.14. The predicted octanol–water partition coefficient (Wildman–Crippen LogP) is 1.90. The number of hydrogen-bond donors (Lipinski definition) is 1. The van der Waals surface area contributed by atoms with Crippen LogP contribution in [0.4, 0.5) is 4.39 Å². The van der Waals surface area contributed by atoms with Crippen molar-refractivity contribution in [3.63, 3.8) is 0 Å². The number of carbonyl (C=O) groups is 2. The summed E-state index contributed by atoms with van der Waals surface area (Å²) >= 11 is 0. The molecule has 0 aliphatic heterocycles. The minimum absolute atomic E-state index is 0.0387. The molecular weight excluding hydrogens is 251 g/mol. The number of carbonyl (C=O) groups excluding carboxylic acids is 1. The van der Waals surface area contributed by atoms with Crippen LogP contribution in [0.2, 0.25) is 0 Å². The Hall–Kier alpha value is -2.50. The number of halogens is 1. The molecule has 1 N–H and O–H groups in total. The van der Waals surface area contributed by atoms with E-state index in [1.54, 1.807) is 19.9 Å². The lowest BCUT2D eigenvalue weighted by molar-refractivity contribution is -0.131. The van der Waals surface area contributed by atoms with Crippen molar-refractivity contribution in [2.75, 3.05) is 0 Å². The molecule has 5 nitrogen and oxygen atoms in total. The first-order valence-corrected chi connectivity index (χ1v) is 5.51. The summed E-state index contributed by atoms with van der Waals surface area (Å²) in [5.41, 5.74) is 1.14. The third-order valence-corrected chi connectivity index (χ3v) is 2.77. The van der Waals surface area contributed by atoms with Crippen LogP contribution in [0.25, 0.3) is 5.69 Å². The van der Waals surface area contributed by atoms with Crippen LogP contribution < -0.4 is 0 Å². The maximum atomic E-state index is 13.2. The Morgan fingerprint density at radius 1 is 1.32 bits per heavy atom. The lowest BCUT2D eigenvalue weighted by atomic mass is 10.1. The number of hydrogen-bond acceptors (Lipinski definition) is 3. The summed E-state index contributed by atoms with van der Waals surface area (Å²) in [7, 11) is 0. The second-order valence-electron chi connectivity index (χ2n) is 4.07. The highest BCUT2D eigenvalue weighted by Gasteiger charge is 2.24. The maximum Gasteiger partial charge on any atom is 0.377 e. The van der Waals surface area contributed by atoms with Gasteiger partial charge in [0.2, 0.25) is 0 Å². The molecule has 2 rings (SSSR count). The number of nitrogens with zero attached hydrogens (tertiary/aromatic N) is 2. The van der Waals surface area contributed by atoms with Gasteiger partial charge in [-0.25, -0.2) is 13.9 Å². The molecule has 0 spiro atoms. The van der Waals surface area contributed by atoms with Gasteiger partial charge in [-0.05, 0) is 32.0 Å². The zero-order chi connectivity index (χ0) is 14.2. The summed E-state index contributed by atoms with van der Waals surface area (Å²) in [6.07, 6.45) is 0. The zero-order valence-corrected chi connectivity index (χ0v) is 10.3. The minimum Gasteiger partial charge on any atom is -0.475 e. The van der Waals surface area contributed by atoms with Crippen molar-refractivity contribution in [2.45, 2.75) is 13.8 Å². The Morgan fingerprint density at radius 3 is 2.58 bits per heavy atom. The van der Waals surface area contributed by atoms with Crippen LogP contribution in [0.5, 0.6) is 0 Å². The summed E-state index contributed by atoms with van der Waals surface area (Å²) in [5.74, 6) is -2.99. The number of Topliss-reactive ketones (excluding diaryl/α,β-unsaturated/α-hetero) is 1. The van der Waals surface area contributed by atoms with Crippen LogP contribution in [0.1, 0.15) is 21.7 Å². The number of benzene rings is 1. The van der Waals surface area contributed by atoms with E-state index in [9.17, 15) is 14.0 Å². The number of aliphatic carboxylic acids is 1. The Balaban J connectivity index is 2.59. The van der Waals surface area contributed by atoms with Crippen LogP contribution in [0.3, 0.4) is 0 Å². The van der Waals surface area contributed by atoms with Gasteiger partial charge in [0.1, 0.15) is 5.82 Å². The fraction of sp³-hybridized carbons (Fsp3) is 0.154. The van der Waals surface area contributed by atoms with Gasteiger partial charge in [-0.2, -0.15) is 5.10 Å². The number of rotatable bonds is 3. The van der Waals surface area contributed by atoms with E-state index in [-0.39, 0.29) is 5.56 Å². The van der Waals surface area contributed by atoms with Gasteiger partial charge >= 0.3 is 5.97 Å². The van der Waals surface area contributed by atoms with Crippen LogP contribution in [-0.4, -0.2) is 26.6 Å². The normalized spacial score (nSPS) is 10.5. The van der Waals surface area contributed by atoms with E-state index in [0.717, 1.165) is 0 Å². The standard InChI is InChI=1S/C13H11FN2O3/c1-7-11(12(17)13(18)19)8(2)16(15-7)10-5-3-4-9(14)6-10/h3-6H,1-2H3,(H,18,19). The largest absolute Gasteiger partial charge is 0.475 e. The fourth-order valence-corrected chi connectivity index (χ4v) is 1.94. The minimum atomic E-state index is -1.54. The SMILES string of the molecule is Cc1nn(-c2cccc(F)c2)c(C)c1C(=O)C(=O)O. The van der Waals surface area contributed by atoms with Crippen LogP contribution in [0, 0.1) is 19.7 Å². The molecule has 19 heavy (non-hydrogen) atoms. The number of aryl methyl sites for hydroxylation is 1. The van der Waals surface area contributed by atoms with Gasteiger partial charge in [0.15, 0.2) is 0 Å². The van der Waals surface area contributed by atoms with E-state index in [0.29, 0.717) is 17.1 Å². The Kier molecular flexibility index (Phi) is 3.16. The monoisotopic (exact) mass is 262 g/mol. The molecule has 0 amide bonds. The average molecular weight is 262 g/mol. The van der Waals surface area contributed by atoms with Crippen molar-refractivity contribution < 1.29 is 19.1 Å².